The minimum Gasteiger partial charge on any atom is -0.325 e. The smallest absolute Gasteiger partial charge is 0.243 e. The van der Waals surface area contributed by atoms with Crippen LogP contribution in [0, 0.1) is 17.1 Å². The number of anilines is 1. The molecule has 1 saturated heterocycles. The van der Waals surface area contributed by atoms with E-state index < -0.39 is 15.8 Å². The first-order valence-electron chi connectivity index (χ1n) is 8.66. The number of carbonyl (C=O) groups excluding carboxylic acids is 1. The molecule has 0 atom stereocenters. The highest BCUT2D eigenvalue weighted by atomic mass is 32.2. The standard InChI is InChI=1S/C19H19FN4O3S/c20-16-4-2-6-18(12-16)28(26,27)24-9-7-23(8-10-24)14-19(25)22-17-5-1-3-15(11-17)13-21/h1-6,11-12H,7-10,14H2,(H,22,25). The molecule has 2 aromatic rings. The van der Waals surface area contributed by atoms with Crippen molar-refractivity contribution in [1.29, 1.82) is 5.26 Å². The van der Waals surface area contributed by atoms with E-state index in [0.29, 0.717) is 24.3 Å². The predicted molar refractivity (Wildman–Crippen MR) is 101 cm³/mol. The second-order valence-corrected chi connectivity index (χ2v) is 8.32. The molecule has 1 aliphatic heterocycles. The van der Waals surface area contributed by atoms with Gasteiger partial charge in [-0.15, -0.1) is 0 Å². The van der Waals surface area contributed by atoms with E-state index in [0.717, 1.165) is 6.07 Å². The van der Waals surface area contributed by atoms with E-state index in [-0.39, 0.29) is 30.4 Å². The van der Waals surface area contributed by atoms with Crippen LogP contribution in [-0.2, 0) is 14.8 Å². The van der Waals surface area contributed by atoms with Crippen LogP contribution in [0.3, 0.4) is 0 Å². The van der Waals surface area contributed by atoms with Crippen molar-refractivity contribution in [2.75, 3.05) is 38.0 Å². The van der Waals surface area contributed by atoms with Gasteiger partial charge < -0.3 is 5.32 Å². The second kappa shape index (κ2) is 8.48. The topological polar surface area (TPSA) is 93.5 Å². The first-order valence-corrected chi connectivity index (χ1v) is 10.1. The first-order chi connectivity index (χ1) is 13.4. The summed E-state index contributed by atoms with van der Waals surface area (Å²) >= 11 is 0. The number of nitrogens with one attached hydrogen (secondary N) is 1. The van der Waals surface area contributed by atoms with Crippen LogP contribution >= 0.6 is 0 Å². The number of hydrogen-bond donors (Lipinski definition) is 1. The Balaban J connectivity index is 1.55. The number of piperazine rings is 1. The summed E-state index contributed by atoms with van der Waals surface area (Å²) in [6.07, 6.45) is 0. The van der Waals surface area contributed by atoms with Gasteiger partial charge in [0.05, 0.1) is 23.1 Å². The molecule has 0 aromatic heterocycles. The Morgan fingerprint density at radius 2 is 1.82 bits per heavy atom. The third-order valence-corrected chi connectivity index (χ3v) is 6.30. The van der Waals surface area contributed by atoms with Gasteiger partial charge in [0.2, 0.25) is 15.9 Å². The van der Waals surface area contributed by atoms with Crippen LogP contribution in [0.5, 0.6) is 0 Å². The molecule has 0 spiro atoms. The van der Waals surface area contributed by atoms with E-state index in [1.165, 1.54) is 22.5 Å². The van der Waals surface area contributed by atoms with Gasteiger partial charge >= 0.3 is 0 Å². The van der Waals surface area contributed by atoms with E-state index in [1.54, 1.807) is 24.3 Å². The summed E-state index contributed by atoms with van der Waals surface area (Å²) in [6, 6.07) is 13.6. The Bertz CT molecular complexity index is 1010. The van der Waals surface area contributed by atoms with Crippen molar-refractivity contribution in [1.82, 2.24) is 9.21 Å². The summed E-state index contributed by atoms with van der Waals surface area (Å²) in [6.45, 7) is 1.33. The number of carbonyl (C=O) groups is 1. The minimum atomic E-state index is -3.76. The Morgan fingerprint density at radius 1 is 1.11 bits per heavy atom. The number of halogens is 1. The number of benzene rings is 2. The lowest BCUT2D eigenvalue weighted by Crippen LogP contribution is -2.50. The SMILES string of the molecule is N#Cc1cccc(NC(=O)CN2CCN(S(=O)(=O)c3cccc(F)c3)CC2)c1. The summed E-state index contributed by atoms with van der Waals surface area (Å²) in [5.41, 5.74) is 0.991. The van der Waals surface area contributed by atoms with Crippen LogP contribution in [0.4, 0.5) is 10.1 Å². The van der Waals surface area contributed by atoms with Gasteiger partial charge in [-0.1, -0.05) is 12.1 Å². The molecule has 0 bridgehead atoms. The monoisotopic (exact) mass is 402 g/mol. The third kappa shape index (κ3) is 4.72. The van der Waals surface area contributed by atoms with Gasteiger partial charge in [-0.25, -0.2) is 12.8 Å². The molecule has 1 fully saturated rings. The Hall–Kier alpha value is -2.80. The van der Waals surface area contributed by atoms with Gasteiger partial charge in [0.1, 0.15) is 5.82 Å². The highest BCUT2D eigenvalue weighted by molar-refractivity contribution is 7.89. The normalized spacial score (nSPS) is 15.7. The molecule has 1 N–H and O–H groups in total. The van der Waals surface area contributed by atoms with Crippen molar-refractivity contribution >= 4 is 21.6 Å². The van der Waals surface area contributed by atoms with Crippen molar-refractivity contribution in [2.45, 2.75) is 4.90 Å². The molecule has 0 aliphatic carbocycles. The second-order valence-electron chi connectivity index (χ2n) is 6.38. The van der Waals surface area contributed by atoms with Crippen molar-refractivity contribution < 1.29 is 17.6 Å². The molecule has 2 aromatic carbocycles. The van der Waals surface area contributed by atoms with Crippen LogP contribution in [0.15, 0.2) is 53.4 Å². The molecule has 1 aliphatic rings. The fraction of sp³-hybridized carbons (Fsp3) is 0.263. The number of rotatable bonds is 5. The van der Waals surface area contributed by atoms with Gasteiger partial charge in [-0.2, -0.15) is 9.57 Å². The maximum Gasteiger partial charge on any atom is 0.243 e. The average molecular weight is 402 g/mol. The molecular weight excluding hydrogens is 383 g/mol. The third-order valence-electron chi connectivity index (χ3n) is 4.41. The Morgan fingerprint density at radius 3 is 2.50 bits per heavy atom. The number of nitrogens with zero attached hydrogens (tertiary/aromatic N) is 3. The number of hydrogen-bond acceptors (Lipinski definition) is 5. The number of nitriles is 1. The highest BCUT2D eigenvalue weighted by Gasteiger charge is 2.29. The maximum atomic E-state index is 13.3. The zero-order chi connectivity index (χ0) is 20.1. The lowest BCUT2D eigenvalue weighted by atomic mass is 10.2. The molecule has 0 radical (unpaired) electrons. The molecule has 28 heavy (non-hydrogen) atoms. The fourth-order valence-electron chi connectivity index (χ4n) is 2.97. The maximum absolute atomic E-state index is 13.3. The van der Waals surface area contributed by atoms with Crippen molar-refractivity contribution in [3.05, 3.63) is 59.9 Å². The molecule has 146 valence electrons. The number of sulfonamides is 1. The predicted octanol–water partition coefficient (Wildman–Crippen LogP) is 1.64. The molecule has 1 amide bonds. The lowest BCUT2D eigenvalue weighted by molar-refractivity contribution is -0.117. The Labute approximate surface area is 163 Å². The van der Waals surface area contributed by atoms with Crippen LogP contribution < -0.4 is 5.32 Å². The molecular formula is C19H19FN4O3S. The summed E-state index contributed by atoms with van der Waals surface area (Å²) in [7, 11) is -3.76. The number of amides is 1. The van der Waals surface area contributed by atoms with E-state index in [1.807, 2.05) is 11.0 Å². The van der Waals surface area contributed by atoms with Crippen LogP contribution in [0.25, 0.3) is 0 Å². The fourth-order valence-corrected chi connectivity index (χ4v) is 4.43. The van der Waals surface area contributed by atoms with Crippen molar-refractivity contribution in [3.63, 3.8) is 0 Å². The van der Waals surface area contributed by atoms with E-state index in [9.17, 15) is 17.6 Å². The minimum absolute atomic E-state index is 0.0731. The summed E-state index contributed by atoms with van der Waals surface area (Å²) in [4.78, 5) is 14.0. The zero-order valence-electron chi connectivity index (χ0n) is 15.0. The summed E-state index contributed by atoms with van der Waals surface area (Å²) in [5.74, 6) is -0.839. The lowest BCUT2D eigenvalue weighted by Gasteiger charge is -2.33. The van der Waals surface area contributed by atoms with Crippen molar-refractivity contribution in [2.24, 2.45) is 0 Å². The van der Waals surface area contributed by atoms with Crippen molar-refractivity contribution in [3.8, 4) is 6.07 Å². The van der Waals surface area contributed by atoms with Gasteiger partial charge in [-0.3, -0.25) is 9.69 Å². The summed E-state index contributed by atoms with van der Waals surface area (Å²) in [5, 5.41) is 11.6. The molecule has 7 nitrogen and oxygen atoms in total. The van der Waals surface area contributed by atoms with Gasteiger partial charge in [0, 0.05) is 31.9 Å². The zero-order valence-corrected chi connectivity index (χ0v) is 15.8. The van der Waals surface area contributed by atoms with Crippen LogP contribution in [-0.4, -0.2) is 56.3 Å². The quantitative estimate of drug-likeness (QED) is 0.821. The highest BCUT2D eigenvalue weighted by Crippen LogP contribution is 2.18. The summed E-state index contributed by atoms with van der Waals surface area (Å²) < 4.78 is 39.9. The van der Waals surface area contributed by atoms with Gasteiger partial charge in [-0.05, 0) is 36.4 Å². The van der Waals surface area contributed by atoms with E-state index in [4.69, 9.17) is 5.26 Å². The molecule has 9 heteroatoms. The Kier molecular flexibility index (Phi) is 6.04. The molecule has 1 heterocycles. The van der Waals surface area contributed by atoms with E-state index in [2.05, 4.69) is 5.32 Å². The van der Waals surface area contributed by atoms with Gasteiger partial charge in [0.15, 0.2) is 0 Å². The molecule has 0 saturated carbocycles. The first kappa shape index (κ1) is 19.9. The van der Waals surface area contributed by atoms with E-state index >= 15 is 0 Å². The molecule has 0 unspecified atom stereocenters. The molecule has 3 rings (SSSR count). The average Bonchev–Trinajstić information content (AvgIpc) is 2.68. The largest absolute Gasteiger partial charge is 0.325 e. The van der Waals surface area contributed by atoms with Crippen LogP contribution in [0.2, 0.25) is 0 Å². The van der Waals surface area contributed by atoms with Gasteiger partial charge in [0.25, 0.3) is 0 Å². The van der Waals surface area contributed by atoms with Crippen LogP contribution in [0.1, 0.15) is 5.56 Å².